The summed E-state index contributed by atoms with van der Waals surface area (Å²) in [6.07, 6.45) is 2.07. The molecule has 110 valence electrons. The van der Waals surface area contributed by atoms with Crippen molar-refractivity contribution in [2.45, 2.75) is 44.6 Å². The summed E-state index contributed by atoms with van der Waals surface area (Å²) in [5, 5.41) is 4.40. The predicted molar refractivity (Wildman–Crippen MR) is 78.3 cm³/mol. The van der Waals surface area contributed by atoms with Gasteiger partial charge in [0, 0.05) is 19.8 Å². The van der Waals surface area contributed by atoms with Gasteiger partial charge in [0.15, 0.2) is 20.6 Å². The average Bonchev–Trinajstić information content (AvgIpc) is 2.55. The summed E-state index contributed by atoms with van der Waals surface area (Å²) in [6, 6.07) is 0. The van der Waals surface area contributed by atoms with Gasteiger partial charge in [-0.3, -0.25) is 0 Å². The Morgan fingerprint density at radius 1 is 1.37 bits per heavy atom. The van der Waals surface area contributed by atoms with Gasteiger partial charge in [0.25, 0.3) is 0 Å². The predicted octanol–water partition coefficient (Wildman–Crippen LogP) is 1.47. The van der Waals surface area contributed by atoms with Crippen molar-refractivity contribution in [2.24, 2.45) is 0 Å². The van der Waals surface area contributed by atoms with Crippen molar-refractivity contribution in [1.29, 1.82) is 0 Å². The van der Waals surface area contributed by atoms with Crippen LogP contribution in [0.3, 0.4) is 0 Å². The molecule has 7 heteroatoms. The van der Waals surface area contributed by atoms with Crippen LogP contribution in [0.1, 0.15) is 34.1 Å². The van der Waals surface area contributed by atoms with Crippen LogP contribution >= 0.6 is 0 Å². The number of rotatable bonds is 4. The Morgan fingerprint density at radius 2 is 1.89 bits per heavy atom. The van der Waals surface area contributed by atoms with Crippen molar-refractivity contribution in [2.75, 3.05) is 30.5 Å². The summed E-state index contributed by atoms with van der Waals surface area (Å²) in [4.78, 5) is 1.95. The Morgan fingerprint density at radius 3 is 2.26 bits per heavy atom. The molecule has 0 unspecified atom stereocenters. The Hall–Kier alpha value is -1.24. The van der Waals surface area contributed by atoms with E-state index in [-0.39, 0.29) is 16.3 Å². The van der Waals surface area contributed by atoms with Crippen LogP contribution in [0.5, 0.6) is 0 Å². The van der Waals surface area contributed by atoms with Crippen molar-refractivity contribution in [1.82, 2.24) is 9.78 Å². The highest BCUT2D eigenvalue weighted by molar-refractivity contribution is 7.91. The van der Waals surface area contributed by atoms with E-state index in [0.29, 0.717) is 5.82 Å². The number of nitrogens with two attached hydrogens (primary N) is 1. The van der Waals surface area contributed by atoms with Gasteiger partial charge in [-0.25, -0.2) is 13.1 Å². The summed E-state index contributed by atoms with van der Waals surface area (Å²) in [5.74, 6) is 0.629. The maximum atomic E-state index is 12.0. The standard InChI is InChI=1S/C12H24N4O2S/c1-7-8-15(5)11-9(19(6,17)18)10(13)16(14-11)12(2,3)4/h7-8,13H2,1-6H3. The number of hydrogen-bond acceptors (Lipinski definition) is 5. The molecule has 0 saturated heterocycles. The second-order valence-electron chi connectivity index (χ2n) is 5.81. The summed E-state index contributed by atoms with van der Waals surface area (Å²) in [6.45, 7) is 8.56. The van der Waals surface area contributed by atoms with E-state index in [1.165, 1.54) is 0 Å². The minimum Gasteiger partial charge on any atom is -0.383 e. The summed E-state index contributed by atoms with van der Waals surface area (Å²) in [5.41, 5.74) is 5.64. The van der Waals surface area contributed by atoms with E-state index in [9.17, 15) is 8.42 Å². The summed E-state index contributed by atoms with van der Waals surface area (Å²) in [7, 11) is -1.59. The number of nitrogens with zero attached hydrogens (tertiary/aromatic N) is 3. The Balaban J connectivity index is 3.55. The van der Waals surface area contributed by atoms with Crippen LogP contribution in [-0.4, -0.2) is 38.0 Å². The van der Waals surface area contributed by atoms with Crippen LogP contribution in [-0.2, 0) is 15.4 Å². The van der Waals surface area contributed by atoms with Gasteiger partial charge in [-0.05, 0) is 27.2 Å². The first kappa shape index (κ1) is 15.8. The fraction of sp³-hybridized carbons (Fsp3) is 0.750. The molecule has 0 saturated carbocycles. The minimum absolute atomic E-state index is 0.123. The molecule has 2 N–H and O–H groups in total. The number of anilines is 2. The first-order valence-electron chi connectivity index (χ1n) is 6.30. The molecular weight excluding hydrogens is 264 g/mol. The van der Waals surface area contributed by atoms with E-state index in [1.807, 2.05) is 39.6 Å². The molecule has 19 heavy (non-hydrogen) atoms. The maximum absolute atomic E-state index is 12.0. The van der Waals surface area contributed by atoms with Crippen LogP contribution in [0.15, 0.2) is 4.90 Å². The SMILES string of the molecule is CCCN(C)c1nn(C(C)(C)C)c(N)c1S(C)(=O)=O. The fourth-order valence-electron chi connectivity index (χ4n) is 1.96. The molecule has 1 rings (SSSR count). The van der Waals surface area contributed by atoms with Crippen LogP contribution in [0, 0.1) is 0 Å². The minimum atomic E-state index is -3.42. The van der Waals surface area contributed by atoms with E-state index in [4.69, 9.17) is 5.73 Å². The third-order valence-corrected chi connectivity index (χ3v) is 3.92. The molecule has 0 aromatic carbocycles. The molecule has 0 amide bonds. The monoisotopic (exact) mass is 288 g/mol. The third-order valence-electron chi connectivity index (χ3n) is 2.79. The zero-order valence-electron chi connectivity index (χ0n) is 12.6. The second kappa shape index (κ2) is 5.03. The smallest absolute Gasteiger partial charge is 0.182 e. The van der Waals surface area contributed by atoms with Gasteiger partial charge in [0.1, 0.15) is 5.82 Å². The Kier molecular flexibility index (Phi) is 4.19. The van der Waals surface area contributed by atoms with E-state index < -0.39 is 9.84 Å². The second-order valence-corrected chi connectivity index (χ2v) is 7.77. The topological polar surface area (TPSA) is 81.2 Å². The van der Waals surface area contributed by atoms with Gasteiger partial charge in [0.05, 0.1) is 5.54 Å². The molecular formula is C12H24N4O2S. The maximum Gasteiger partial charge on any atom is 0.182 e. The molecule has 0 aliphatic rings. The fourth-order valence-corrected chi connectivity index (χ4v) is 2.96. The van der Waals surface area contributed by atoms with E-state index in [1.54, 1.807) is 4.68 Å². The largest absolute Gasteiger partial charge is 0.383 e. The number of sulfone groups is 1. The van der Waals surface area contributed by atoms with Crippen molar-refractivity contribution < 1.29 is 8.42 Å². The average molecular weight is 288 g/mol. The molecule has 1 aromatic heterocycles. The first-order valence-corrected chi connectivity index (χ1v) is 8.19. The van der Waals surface area contributed by atoms with Gasteiger partial charge in [-0.15, -0.1) is 0 Å². The first-order chi connectivity index (χ1) is 8.50. The highest BCUT2D eigenvalue weighted by Crippen LogP contribution is 2.33. The Bertz CT molecular complexity index is 555. The zero-order valence-corrected chi connectivity index (χ0v) is 13.4. The molecule has 0 fully saturated rings. The van der Waals surface area contributed by atoms with E-state index in [2.05, 4.69) is 5.10 Å². The van der Waals surface area contributed by atoms with Crippen LogP contribution in [0.4, 0.5) is 11.6 Å². The van der Waals surface area contributed by atoms with E-state index >= 15 is 0 Å². The molecule has 1 heterocycles. The molecule has 0 spiro atoms. The van der Waals surface area contributed by atoms with Crippen LogP contribution < -0.4 is 10.6 Å². The number of nitrogen functional groups attached to an aromatic ring is 1. The van der Waals surface area contributed by atoms with Crippen LogP contribution in [0.2, 0.25) is 0 Å². The molecule has 0 bridgehead atoms. The van der Waals surface area contributed by atoms with Gasteiger partial charge >= 0.3 is 0 Å². The molecule has 0 radical (unpaired) electrons. The highest BCUT2D eigenvalue weighted by atomic mass is 32.2. The molecule has 1 aromatic rings. The quantitative estimate of drug-likeness (QED) is 0.907. The summed E-state index contributed by atoms with van der Waals surface area (Å²) < 4.78 is 25.5. The molecule has 0 aliphatic carbocycles. The van der Waals surface area contributed by atoms with Gasteiger partial charge in [0.2, 0.25) is 0 Å². The third kappa shape index (κ3) is 3.20. The van der Waals surface area contributed by atoms with E-state index in [0.717, 1.165) is 19.2 Å². The lowest BCUT2D eigenvalue weighted by Crippen LogP contribution is -2.25. The van der Waals surface area contributed by atoms with Crippen molar-refractivity contribution in [3.8, 4) is 0 Å². The van der Waals surface area contributed by atoms with Gasteiger partial charge in [-0.1, -0.05) is 6.92 Å². The van der Waals surface area contributed by atoms with Crippen molar-refractivity contribution >= 4 is 21.5 Å². The lowest BCUT2D eigenvalue weighted by atomic mass is 10.1. The number of aromatic nitrogens is 2. The Labute approximate surface area is 115 Å². The lowest BCUT2D eigenvalue weighted by Gasteiger charge is -2.21. The molecule has 0 atom stereocenters. The lowest BCUT2D eigenvalue weighted by molar-refractivity contribution is 0.361. The van der Waals surface area contributed by atoms with Gasteiger partial charge < -0.3 is 10.6 Å². The van der Waals surface area contributed by atoms with Crippen molar-refractivity contribution in [3.05, 3.63) is 0 Å². The van der Waals surface area contributed by atoms with Crippen molar-refractivity contribution in [3.63, 3.8) is 0 Å². The molecule has 6 nitrogen and oxygen atoms in total. The normalized spacial score (nSPS) is 12.7. The zero-order chi connectivity index (χ0) is 15.0. The van der Waals surface area contributed by atoms with Gasteiger partial charge in [-0.2, -0.15) is 5.10 Å². The van der Waals surface area contributed by atoms with Crippen LogP contribution in [0.25, 0.3) is 0 Å². The molecule has 0 aliphatic heterocycles. The summed E-state index contributed by atoms with van der Waals surface area (Å²) >= 11 is 0. The number of hydrogen-bond donors (Lipinski definition) is 1. The highest BCUT2D eigenvalue weighted by Gasteiger charge is 2.30.